The fraction of sp³-hybridized carbons (Fsp3) is 0.500. The van der Waals surface area contributed by atoms with Crippen LogP contribution in [0.2, 0.25) is 0 Å². The van der Waals surface area contributed by atoms with E-state index in [1.807, 2.05) is 0 Å². The van der Waals surface area contributed by atoms with Crippen LogP contribution in [-0.2, 0) is 14.4 Å². The summed E-state index contributed by atoms with van der Waals surface area (Å²) < 4.78 is 0. The zero-order valence-electron chi connectivity index (χ0n) is 6.43. The maximum Gasteiger partial charge on any atom is 0.336 e. The van der Waals surface area contributed by atoms with Crippen LogP contribution in [0.3, 0.4) is 0 Å². The van der Waals surface area contributed by atoms with E-state index in [1.54, 1.807) is 0 Å². The van der Waals surface area contributed by atoms with Crippen molar-refractivity contribution in [2.75, 3.05) is 0 Å². The molecule has 0 aliphatic carbocycles. The van der Waals surface area contributed by atoms with Crippen LogP contribution >= 0.6 is 0 Å². The van der Waals surface area contributed by atoms with Crippen molar-refractivity contribution in [1.82, 2.24) is 0 Å². The predicted molar refractivity (Wildman–Crippen MR) is 37.1 cm³/mol. The Bertz CT molecular complexity index is 227. The molecule has 0 radical (unpaired) electrons. The highest BCUT2D eigenvalue weighted by Crippen LogP contribution is 2.15. The summed E-state index contributed by atoms with van der Waals surface area (Å²) in [5, 5.41) is 33.8. The topological polar surface area (TPSA) is 132 Å². The van der Waals surface area contributed by atoms with Gasteiger partial charge in [-0.1, -0.05) is 0 Å². The minimum absolute atomic E-state index is 1.14. The first-order chi connectivity index (χ1) is 5.78. The molecule has 0 unspecified atom stereocenters. The van der Waals surface area contributed by atoms with Gasteiger partial charge in [0.25, 0.3) is 0 Å². The highest BCUT2D eigenvalue weighted by Gasteiger charge is 2.40. The first-order valence-corrected chi connectivity index (χ1v) is 3.17. The predicted octanol–water partition coefficient (Wildman–Crippen LogP) is -1.25. The standard InChI is InChI=1S/C6H8O7/c7-3(8)1-6(13,5(11)12)2-4(9)10/h13H,1-2H2,(H,7,8)(H,9,10)(H,11,12)/i13+2. The fourth-order valence-corrected chi connectivity index (χ4v) is 0.714. The van der Waals surface area contributed by atoms with Gasteiger partial charge in [0.15, 0.2) is 5.60 Å². The van der Waals surface area contributed by atoms with Gasteiger partial charge in [-0.15, -0.1) is 0 Å². The lowest BCUT2D eigenvalue weighted by atomic mass is 9.98. The molecule has 0 aromatic carbocycles. The third-order valence-electron chi connectivity index (χ3n) is 1.29. The van der Waals surface area contributed by atoms with E-state index < -0.39 is 36.4 Å². The minimum atomic E-state index is -2.74. The van der Waals surface area contributed by atoms with Gasteiger partial charge in [0.05, 0.1) is 12.8 Å². The molecule has 0 atom stereocenters. The monoisotopic (exact) mass is 194 g/mol. The van der Waals surface area contributed by atoms with Gasteiger partial charge < -0.3 is 20.4 Å². The molecule has 4 N–H and O–H groups in total. The van der Waals surface area contributed by atoms with E-state index in [0.29, 0.717) is 0 Å². The summed E-state index contributed by atoms with van der Waals surface area (Å²) in [6.45, 7) is 0. The van der Waals surface area contributed by atoms with Gasteiger partial charge in [-0.3, -0.25) is 9.59 Å². The molecule has 0 amide bonds. The van der Waals surface area contributed by atoms with Crippen molar-refractivity contribution < 1.29 is 34.8 Å². The zero-order chi connectivity index (χ0) is 10.6. The summed E-state index contributed by atoms with van der Waals surface area (Å²) >= 11 is 0. The van der Waals surface area contributed by atoms with Crippen molar-refractivity contribution in [1.29, 1.82) is 0 Å². The van der Waals surface area contributed by atoms with Gasteiger partial charge in [0.1, 0.15) is 0 Å². The van der Waals surface area contributed by atoms with Gasteiger partial charge in [-0.25, -0.2) is 4.79 Å². The van der Waals surface area contributed by atoms with E-state index in [0.717, 1.165) is 0 Å². The molecule has 0 aliphatic heterocycles. The number of hydrogen-bond donors (Lipinski definition) is 4. The van der Waals surface area contributed by atoms with Gasteiger partial charge in [0.2, 0.25) is 0 Å². The van der Waals surface area contributed by atoms with Gasteiger partial charge in [-0.2, -0.15) is 0 Å². The van der Waals surface area contributed by atoms with Crippen LogP contribution in [0.1, 0.15) is 12.8 Å². The summed E-state index contributed by atoms with van der Waals surface area (Å²) in [7, 11) is 0. The third-order valence-corrected chi connectivity index (χ3v) is 1.29. The second-order valence-corrected chi connectivity index (χ2v) is 2.48. The van der Waals surface area contributed by atoms with E-state index in [-0.39, 0.29) is 0 Å². The average Bonchev–Trinajstić information content (AvgIpc) is 1.82. The molecule has 0 aliphatic rings. The van der Waals surface area contributed by atoms with Crippen LogP contribution < -0.4 is 0 Å². The largest absolute Gasteiger partial charge is 0.481 e. The number of aliphatic carboxylic acids is 3. The van der Waals surface area contributed by atoms with Crippen molar-refractivity contribution in [3.8, 4) is 0 Å². The first kappa shape index (κ1) is 11.4. The number of aliphatic hydroxyl groups is 1. The van der Waals surface area contributed by atoms with Crippen molar-refractivity contribution in [3.05, 3.63) is 0 Å². The Balaban J connectivity index is 4.62. The van der Waals surface area contributed by atoms with Crippen molar-refractivity contribution >= 4 is 17.9 Å². The van der Waals surface area contributed by atoms with Crippen LogP contribution in [0.25, 0.3) is 0 Å². The number of hydrogen-bond acceptors (Lipinski definition) is 4. The lowest BCUT2D eigenvalue weighted by Gasteiger charge is -2.18. The highest BCUT2D eigenvalue weighted by molar-refractivity contribution is 5.88. The molecule has 0 rings (SSSR count). The second-order valence-electron chi connectivity index (χ2n) is 2.48. The Morgan fingerprint density at radius 2 is 1.31 bits per heavy atom. The second kappa shape index (κ2) is 3.85. The van der Waals surface area contributed by atoms with E-state index in [1.165, 1.54) is 0 Å². The molecule has 7 heteroatoms. The molecule has 13 heavy (non-hydrogen) atoms. The molecule has 0 aromatic rings. The molecule has 0 spiro atoms. The van der Waals surface area contributed by atoms with Crippen LogP contribution in [-0.4, -0.2) is 43.9 Å². The normalized spacial score (nSPS) is 10.8. The zero-order valence-corrected chi connectivity index (χ0v) is 6.43. The maximum atomic E-state index is 10.3. The molecule has 7 nitrogen and oxygen atoms in total. The lowest BCUT2D eigenvalue weighted by molar-refractivity contribution is -0.170. The molecular weight excluding hydrogens is 186 g/mol. The van der Waals surface area contributed by atoms with Crippen molar-refractivity contribution in [2.45, 2.75) is 18.4 Å². The summed E-state index contributed by atoms with van der Waals surface area (Å²) in [6.07, 6.45) is -2.29. The number of carboxylic acid groups (broad SMARTS) is 3. The van der Waals surface area contributed by atoms with E-state index >= 15 is 0 Å². The smallest absolute Gasteiger partial charge is 0.336 e. The average molecular weight is 194 g/mol. The number of carboxylic acids is 3. The Hall–Kier alpha value is -1.63. The SMILES string of the molecule is O=C(O)CC([18OH])(CC(=O)O)C(=O)O. The van der Waals surface area contributed by atoms with Crippen LogP contribution in [0.5, 0.6) is 0 Å². The van der Waals surface area contributed by atoms with Gasteiger partial charge >= 0.3 is 17.9 Å². The minimum Gasteiger partial charge on any atom is -0.481 e. The molecule has 0 bridgehead atoms. The highest BCUT2D eigenvalue weighted by atomic mass is 18.2. The molecular formula is C6H8O7. The molecule has 0 fully saturated rings. The maximum absolute atomic E-state index is 10.3. The summed E-state index contributed by atoms with van der Waals surface area (Å²) in [5.74, 6) is -5.02. The van der Waals surface area contributed by atoms with Crippen LogP contribution in [0, 0.1) is 0 Å². The summed E-state index contributed by atoms with van der Waals surface area (Å²) in [6, 6.07) is 0. The third kappa shape index (κ3) is 3.52. The molecule has 0 saturated carbocycles. The van der Waals surface area contributed by atoms with E-state index in [9.17, 15) is 14.4 Å². The molecule has 0 saturated heterocycles. The Kier molecular flexibility index (Phi) is 3.37. The van der Waals surface area contributed by atoms with Gasteiger partial charge in [-0.05, 0) is 0 Å². The van der Waals surface area contributed by atoms with Crippen molar-refractivity contribution in [2.24, 2.45) is 0 Å². The Labute approximate surface area is 72.2 Å². The molecule has 0 heterocycles. The summed E-state index contributed by atoms with van der Waals surface area (Å²) in [5.41, 5.74) is -2.74. The first-order valence-electron chi connectivity index (χ1n) is 3.17. The molecule has 74 valence electrons. The van der Waals surface area contributed by atoms with E-state index in [4.69, 9.17) is 20.4 Å². The summed E-state index contributed by atoms with van der Waals surface area (Å²) in [4.78, 5) is 30.5. The molecule has 0 aromatic heterocycles. The van der Waals surface area contributed by atoms with E-state index in [2.05, 4.69) is 0 Å². The van der Waals surface area contributed by atoms with Crippen LogP contribution in [0.4, 0.5) is 0 Å². The van der Waals surface area contributed by atoms with Crippen molar-refractivity contribution in [3.63, 3.8) is 0 Å². The fourth-order valence-electron chi connectivity index (χ4n) is 0.714. The van der Waals surface area contributed by atoms with Gasteiger partial charge in [0, 0.05) is 0 Å². The van der Waals surface area contributed by atoms with Crippen LogP contribution in [0.15, 0.2) is 0 Å². The lowest BCUT2D eigenvalue weighted by Crippen LogP contribution is -2.42. The number of carbonyl (C=O) groups is 3. The number of rotatable bonds is 5. The Morgan fingerprint density at radius 1 is 1.00 bits per heavy atom. The Morgan fingerprint density at radius 3 is 1.46 bits per heavy atom. The quantitative estimate of drug-likeness (QED) is 0.402.